The monoisotopic (exact) mass is 335 g/mol. The summed E-state index contributed by atoms with van der Waals surface area (Å²) >= 11 is 5.34. The number of likely N-dealkylation sites (tertiary alicyclic amines) is 1. The van der Waals surface area contributed by atoms with Crippen molar-refractivity contribution in [3.05, 3.63) is 18.2 Å². The molecule has 3 rings (SSSR count). The molecule has 0 saturated carbocycles. The quantitative estimate of drug-likeness (QED) is 0.824. The molecule has 2 aliphatic heterocycles. The van der Waals surface area contributed by atoms with Crippen molar-refractivity contribution in [2.45, 2.75) is 19.8 Å². The molecular weight excluding hydrogens is 314 g/mol. The molecule has 2 aliphatic rings. The Morgan fingerprint density at radius 2 is 2.04 bits per heavy atom. The van der Waals surface area contributed by atoms with Gasteiger partial charge >= 0.3 is 0 Å². The van der Waals surface area contributed by atoms with Crippen LogP contribution in [0.1, 0.15) is 19.8 Å². The third-order valence-corrected chi connectivity index (χ3v) is 4.49. The van der Waals surface area contributed by atoms with Crippen molar-refractivity contribution < 1.29 is 14.3 Å². The van der Waals surface area contributed by atoms with E-state index in [1.54, 1.807) is 6.92 Å². The van der Waals surface area contributed by atoms with E-state index in [4.69, 9.17) is 21.7 Å². The Morgan fingerprint density at radius 3 is 2.78 bits per heavy atom. The van der Waals surface area contributed by atoms with E-state index in [9.17, 15) is 4.79 Å². The average Bonchev–Trinajstić information content (AvgIpc) is 3.01. The molecule has 124 valence electrons. The van der Waals surface area contributed by atoms with Crippen LogP contribution in [0.2, 0.25) is 0 Å². The summed E-state index contributed by atoms with van der Waals surface area (Å²) in [5, 5.41) is 7.01. The molecule has 1 aromatic rings. The van der Waals surface area contributed by atoms with Crippen molar-refractivity contribution in [1.29, 1.82) is 0 Å². The molecule has 23 heavy (non-hydrogen) atoms. The second kappa shape index (κ2) is 7.04. The summed E-state index contributed by atoms with van der Waals surface area (Å²) in [7, 11) is 0. The zero-order valence-electron chi connectivity index (χ0n) is 13.1. The molecule has 1 amide bonds. The third kappa shape index (κ3) is 4.04. The Kier molecular flexibility index (Phi) is 4.85. The van der Waals surface area contributed by atoms with Crippen molar-refractivity contribution in [1.82, 2.24) is 10.2 Å². The Morgan fingerprint density at radius 1 is 1.30 bits per heavy atom. The topological polar surface area (TPSA) is 62.8 Å². The molecule has 0 unspecified atom stereocenters. The van der Waals surface area contributed by atoms with Gasteiger partial charge in [-0.15, -0.1) is 0 Å². The number of piperidine rings is 1. The largest absolute Gasteiger partial charge is 0.454 e. The van der Waals surface area contributed by atoms with Crippen molar-refractivity contribution in [2.75, 3.05) is 31.7 Å². The Balaban J connectivity index is 1.43. The molecule has 0 atom stereocenters. The van der Waals surface area contributed by atoms with Crippen LogP contribution >= 0.6 is 12.2 Å². The highest BCUT2D eigenvalue weighted by Gasteiger charge is 2.20. The molecule has 0 bridgehead atoms. The summed E-state index contributed by atoms with van der Waals surface area (Å²) in [6.07, 6.45) is 2.03. The van der Waals surface area contributed by atoms with Crippen LogP contribution in [0, 0.1) is 5.92 Å². The van der Waals surface area contributed by atoms with Gasteiger partial charge in [-0.1, -0.05) is 0 Å². The van der Waals surface area contributed by atoms with E-state index >= 15 is 0 Å². The summed E-state index contributed by atoms with van der Waals surface area (Å²) in [6.45, 7) is 4.39. The lowest BCUT2D eigenvalue weighted by molar-refractivity contribution is -0.130. The number of carbonyl (C=O) groups is 1. The average molecular weight is 335 g/mol. The predicted molar refractivity (Wildman–Crippen MR) is 91.8 cm³/mol. The van der Waals surface area contributed by atoms with E-state index in [0.29, 0.717) is 11.0 Å². The van der Waals surface area contributed by atoms with Gasteiger partial charge in [0.2, 0.25) is 12.7 Å². The Labute approximate surface area is 141 Å². The van der Waals surface area contributed by atoms with Crippen LogP contribution in [-0.4, -0.2) is 42.3 Å². The van der Waals surface area contributed by atoms with Crippen LogP contribution < -0.4 is 20.1 Å². The first-order valence-electron chi connectivity index (χ1n) is 7.82. The number of nitrogens with one attached hydrogen (secondary N) is 2. The molecule has 2 heterocycles. The number of carbonyl (C=O) groups excluding carboxylic acids is 1. The van der Waals surface area contributed by atoms with Crippen molar-refractivity contribution in [2.24, 2.45) is 5.92 Å². The predicted octanol–water partition coefficient (Wildman–Crippen LogP) is 1.96. The first-order chi connectivity index (χ1) is 11.1. The normalized spacial score (nSPS) is 17.0. The minimum Gasteiger partial charge on any atom is -0.454 e. The zero-order chi connectivity index (χ0) is 16.2. The minimum atomic E-state index is 0.163. The van der Waals surface area contributed by atoms with Gasteiger partial charge in [0.1, 0.15) is 0 Å². The number of anilines is 1. The van der Waals surface area contributed by atoms with E-state index < -0.39 is 0 Å². The fourth-order valence-electron chi connectivity index (χ4n) is 2.84. The van der Waals surface area contributed by atoms with Gasteiger partial charge in [-0.05, 0) is 43.1 Å². The summed E-state index contributed by atoms with van der Waals surface area (Å²) in [6, 6.07) is 5.65. The van der Waals surface area contributed by atoms with Gasteiger partial charge < -0.3 is 25.0 Å². The molecule has 2 N–H and O–H groups in total. The van der Waals surface area contributed by atoms with Crippen LogP contribution in [0.25, 0.3) is 0 Å². The van der Waals surface area contributed by atoms with Crippen LogP contribution in [0.5, 0.6) is 11.5 Å². The molecule has 0 aromatic heterocycles. The zero-order valence-corrected chi connectivity index (χ0v) is 13.9. The number of benzene rings is 1. The number of ether oxygens (including phenoxy) is 2. The van der Waals surface area contributed by atoms with Crippen LogP contribution in [0.15, 0.2) is 18.2 Å². The number of hydrogen-bond donors (Lipinski definition) is 2. The number of nitrogens with zero attached hydrogens (tertiary/aromatic N) is 1. The maximum Gasteiger partial charge on any atom is 0.231 e. The highest BCUT2D eigenvalue weighted by molar-refractivity contribution is 7.80. The van der Waals surface area contributed by atoms with E-state index in [1.807, 2.05) is 23.1 Å². The second-order valence-corrected chi connectivity index (χ2v) is 6.26. The van der Waals surface area contributed by atoms with E-state index in [0.717, 1.165) is 49.7 Å². The highest BCUT2D eigenvalue weighted by atomic mass is 32.1. The van der Waals surface area contributed by atoms with E-state index in [-0.39, 0.29) is 12.7 Å². The minimum absolute atomic E-state index is 0.163. The molecule has 7 heteroatoms. The number of fused-ring (bicyclic) bond motifs is 1. The first kappa shape index (κ1) is 15.9. The van der Waals surface area contributed by atoms with Gasteiger partial charge in [-0.25, -0.2) is 0 Å². The summed E-state index contributed by atoms with van der Waals surface area (Å²) in [5.41, 5.74) is 0.873. The Hall–Kier alpha value is -2.02. The van der Waals surface area contributed by atoms with E-state index in [2.05, 4.69) is 10.6 Å². The molecule has 6 nitrogen and oxygen atoms in total. The van der Waals surface area contributed by atoms with Crippen molar-refractivity contribution in [3.8, 4) is 11.5 Å². The van der Waals surface area contributed by atoms with E-state index in [1.165, 1.54) is 0 Å². The molecule has 0 spiro atoms. The maximum atomic E-state index is 11.3. The standard InChI is InChI=1S/C16H21N3O3S/c1-11(20)19-6-4-12(5-7-19)9-17-16(23)18-13-2-3-14-15(8-13)22-10-21-14/h2-3,8,12H,4-7,9-10H2,1H3,(H2,17,18,23). The lowest BCUT2D eigenvalue weighted by Gasteiger charge is -2.31. The maximum absolute atomic E-state index is 11.3. The van der Waals surface area contributed by atoms with Gasteiger partial charge in [-0.2, -0.15) is 0 Å². The smallest absolute Gasteiger partial charge is 0.231 e. The van der Waals surface area contributed by atoms with Crippen molar-refractivity contribution in [3.63, 3.8) is 0 Å². The van der Waals surface area contributed by atoms with Gasteiger partial charge in [-0.3, -0.25) is 4.79 Å². The highest BCUT2D eigenvalue weighted by Crippen LogP contribution is 2.34. The molecule has 1 saturated heterocycles. The van der Waals surface area contributed by atoms with Gasteiger partial charge in [0.25, 0.3) is 0 Å². The number of rotatable bonds is 3. The molecule has 0 radical (unpaired) electrons. The van der Waals surface area contributed by atoms with Crippen LogP contribution in [-0.2, 0) is 4.79 Å². The number of thiocarbonyl (C=S) groups is 1. The van der Waals surface area contributed by atoms with Gasteiger partial charge in [0, 0.05) is 38.3 Å². The summed E-state index contributed by atoms with van der Waals surface area (Å²) in [4.78, 5) is 13.2. The fourth-order valence-corrected chi connectivity index (χ4v) is 3.04. The molecule has 0 aliphatic carbocycles. The SMILES string of the molecule is CC(=O)N1CCC(CNC(=S)Nc2ccc3c(c2)OCO3)CC1. The lowest BCUT2D eigenvalue weighted by atomic mass is 9.97. The fraction of sp³-hybridized carbons (Fsp3) is 0.500. The third-order valence-electron chi connectivity index (χ3n) is 4.24. The van der Waals surface area contributed by atoms with Gasteiger partial charge in [0.15, 0.2) is 16.6 Å². The first-order valence-corrected chi connectivity index (χ1v) is 8.22. The summed E-state index contributed by atoms with van der Waals surface area (Å²) < 4.78 is 10.6. The molecule has 1 aromatic carbocycles. The molecule has 1 fully saturated rings. The van der Waals surface area contributed by atoms with Crippen LogP contribution in [0.3, 0.4) is 0 Å². The lowest BCUT2D eigenvalue weighted by Crippen LogP contribution is -2.41. The second-order valence-electron chi connectivity index (χ2n) is 5.85. The Bertz CT molecular complexity index is 600. The van der Waals surface area contributed by atoms with Crippen LogP contribution in [0.4, 0.5) is 5.69 Å². The van der Waals surface area contributed by atoms with Crippen molar-refractivity contribution >= 4 is 28.9 Å². The van der Waals surface area contributed by atoms with Gasteiger partial charge in [0.05, 0.1) is 0 Å². The number of hydrogen-bond acceptors (Lipinski definition) is 4. The number of amides is 1. The molecular formula is C16H21N3O3S. The summed E-state index contributed by atoms with van der Waals surface area (Å²) in [5.74, 6) is 2.19.